The fourth-order valence-electron chi connectivity index (χ4n) is 8.28. The van der Waals surface area contributed by atoms with Crippen LogP contribution in [0.25, 0.3) is 0 Å². The van der Waals surface area contributed by atoms with Crippen molar-refractivity contribution in [1.82, 2.24) is 0 Å². The van der Waals surface area contributed by atoms with Crippen LogP contribution in [0, 0.1) is 29.1 Å². The zero-order valence-electron chi connectivity index (χ0n) is 24.7. The lowest BCUT2D eigenvalue weighted by Gasteiger charge is -2.53. The number of allylic oxidation sites excluding steroid dienone is 4. The van der Waals surface area contributed by atoms with Crippen molar-refractivity contribution in [2.45, 2.75) is 89.6 Å². The first kappa shape index (κ1) is 27.7. The minimum absolute atomic E-state index is 0.0867. The molecule has 0 bridgehead atoms. The molecule has 0 aliphatic heterocycles. The zero-order valence-corrected chi connectivity index (χ0v) is 24.7. The number of oxime groups is 1. The van der Waals surface area contributed by atoms with E-state index in [1.54, 1.807) is 0 Å². The highest BCUT2D eigenvalue weighted by atomic mass is 16.4. The summed E-state index contributed by atoms with van der Waals surface area (Å²) in [6.45, 7) is 8.91. The number of nitrogens with zero attached hydrogens (tertiary/aromatic N) is 1. The SMILES string of the molecule is CC(C)(C)c1ccc(C#C[C@]2(O)CCC3C4CCC5=CC(=O)CCC5=C4C(c4ccc(/C=N/O)cc4)C[C@@]32C)cc1. The maximum atomic E-state index is 12.3. The maximum Gasteiger partial charge on any atom is 0.156 e. The molecular weight excluding hydrogens is 506 g/mol. The summed E-state index contributed by atoms with van der Waals surface area (Å²) >= 11 is 0. The third kappa shape index (κ3) is 4.79. The van der Waals surface area contributed by atoms with Crippen LogP contribution < -0.4 is 0 Å². The summed E-state index contributed by atoms with van der Waals surface area (Å²) in [6.07, 6.45) is 9.15. The third-order valence-corrected chi connectivity index (χ3v) is 10.6. The van der Waals surface area contributed by atoms with Gasteiger partial charge in [0.2, 0.25) is 0 Å². The molecule has 2 aromatic rings. The Kier molecular flexibility index (Phi) is 6.86. The Labute approximate surface area is 244 Å². The van der Waals surface area contributed by atoms with Gasteiger partial charge >= 0.3 is 0 Å². The van der Waals surface area contributed by atoms with Gasteiger partial charge in [-0.2, -0.15) is 0 Å². The van der Waals surface area contributed by atoms with E-state index in [0.29, 0.717) is 24.7 Å². The molecule has 212 valence electrons. The van der Waals surface area contributed by atoms with Crippen LogP contribution >= 0.6 is 0 Å². The summed E-state index contributed by atoms with van der Waals surface area (Å²) in [5.74, 6) is 7.90. The number of fused-ring (bicyclic) bond motifs is 4. The molecule has 6 rings (SSSR count). The standard InChI is InChI=1S/C37H41NO3/c1-35(2,3)28-12-7-24(8-13-28)17-19-37(40)20-18-33-31-15-11-27-21-29(39)14-16-30(27)34(31)32(22-36(33,37)4)26-9-5-25(6-10-26)23-38-41/h5-10,12-13,21,23,31-33,40-41H,11,14-16,18,20,22H2,1-4H3/b38-23+/t31?,32?,33?,36-,37-/m0/s1. The average molecular weight is 548 g/mol. The number of hydrogen-bond acceptors (Lipinski definition) is 4. The molecule has 0 aromatic heterocycles. The van der Waals surface area contributed by atoms with E-state index in [1.807, 2.05) is 18.2 Å². The van der Waals surface area contributed by atoms with Gasteiger partial charge in [-0.3, -0.25) is 4.79 Å². The highest BCUT2D eigenvalue weighted by Gasteiger charge is 2.62. The number of rotatable bonds is 2. The highest BCUT2D eigenvalue weighted by molar-refractivity contribution is 5.93. The number of carbonyl (C=O) groups excluding carboxylic acids is 1. The molecule has 0 saturated heterocycles. The van der Waals surface area contributed by atoms with Gasteiger partial charge in [-0.05, 0) is 102 Å². The third-order valence-electron chi connectivity index (χ3n) is 10.6. The number of aliphatic hydroxyl groups is 1. The maximum absolute atomic E-state index is 12.3. The van der Waals surface area contributed by atoms with Gasteiger partial charge in [-0.1, -0.05) is 86.7 Å². The topological polar surface area (TPSA) is 69.9 Å². The van der Waals surface area contributed by atoms with Crippen molar-refractivity contribution in [1.29, 1.82) is 0 Å². The van der Waals surface area contributed by atoms with E-state index < -0.39 is 5.60 Å². The number of ketones is 1. The zero-order chi connectivity index (χ0) is 29.0. The smallest absolute Gasteiger partial charge is 0.156 e. The van der Waals surface area contributed by atoms with Gasteiger partial charge in [0.1, 0.15) is 5.60 Å². The molecule has 4 heteroatoms. The normalized spacial score (nSPS) is 31.2. The lowest BCUT2D eigenvalue weighted by molar-refractivity contribution is -0.114. The van der Waals surface area contributed by atoms with Gasteiger partial charge in [0.25, 0.3) is 0 Å². The van der Waals surface area contributed by atoms with Crippen LogP contribution in [0.1, 0.15) is 101 Å². The van der Waals surface area contributed by atoms with Gasteiger partial charge in [-0.25, -0.2) is 0 Å². The summed E-state index contributed by atoms with van der Waals surface area (Å²) in [6, 6.07) is 16.7. The largest absolute Gasteiger partial charge is 0.411 e. The quantitative estimate of drug-likeness (QED) is 0.177. The first-order chi connectivity index (χ1) is 19.5. The minimum atomic E-state index is -1.07. The molecule has 5 atom stereocenters. The summed E-state index contributed by atoms with van der Waals surface area (Å²) in [5, 5.41) is 24.5. The van der Waals surface area contributed by atoms with E-state index in [-0.39, 0.29) is 22.5 Å². The molecule has 0 radical (unpaired) electrons. The molecule has 4 aliphatic carbocycles. The Bertz CT molecular complexity index is 1510. The molecule has 3 unspecified atom stereocenters. The lowest BCUT2D eigenvalue weighted by Crippen LogP contribution is -2.51. The molecule has 0 spiro atoms. The Balaban J connectivity index is 1.41. The van der Waals surface area contributed by atoms with Gasteiger partial charge in [0.15, 0.2) is 5.78 Å². The van der Waals surface area contributed by atoms with Crippen LogP contribution in [0.3, 0.4) is 0 Å². The molecule has 0 heterocycles. The predicted octanol–water partition coefficient (Wildman–Crippen LogP) is 7.47. The lowest BCUT2D eigenvalue weighted by atomic mass is 9.51. The van der Waals surface area contributed by atoms with Crippen LogP contribution in [0.5, 0.6) is 0 Å². The molecule has 4 nitrogen and oxygen atoms in total. The van der Waals surface area contributed by atoms with Crippen LogP contribution in [0.2, 0.25) is 0 Å². The van der Waals surface area contributed by atoms with E-state index in [0.717, 1.165) is 43.2 Å². The van der Waals surface area contributed by atoms with Gasteiger partial charge < -0.3 is 10.3 Å². The number of benzene rings is 2. The van der Waals surface area contributed by atoms with Crippen LogP contribution in [0.4, 0.5) is 0 Å². The van der Waals surface area contributed by atoms with E-state index >= 15 is 0 Å². The Morgan fingerprint density at radius 1 is 1.00 bits per heavy atom. The fourth-order valence-corrected chi connectivity index (χ4v) is 8.28. The van der Waals surface area contributed by atoms with E-state index in [1.165, 1.54) is 34.1 Å². The molecule has 0 amide bonds. The predicted molar refractivity (Wildman–Crippen MR) is 163 cm³/mol. The van der Waals surface area contributed by atoms with Crippen molar-refractivity contribution in [2.75, 3.05) is 0 Å². The second kappa shape index (κ2) is 10.1. The van der Waals surface area contributed by atoms with Crippen LogP contribution in [-0.2, 0) is 10.2 Å². The van der Waals surface area contributed by atoms with E-state index in [9.17, 15) is 9.90 Å². The second-order valence-corrected chi connectivity index (χ2v) is 13.9. The van der Waals surface area contributed by atoms with Crippen molar-refractivity contribution in [3.63, 3.8) is 0 Å². The Morgan fingerprint density at radius 2 is 1.73 bits per heavy atom. The van der Waals surface area contributed by atoms with Crippen molar-refractivity contribution < 1.29 is 15.1 Å². The van der Waals surface area contributed by atoms with Crippen molar-refractivity contribution in [3.05, 3.63) is 93.6 Å². The Morgan fingerprint density at radius 3 is 2.41 bits per heavy atom. The van der Waals surface area contributed by atoms with E-state index in [2.05, 4.69) is 81.1 Å². The highest BCUT2D eigenvalue weighted by Crippen LogP contribution is 2.66. The first-order valence-electron chi connectivity index (χ1n) is 15.1. The average Bonchev–Trinajstić information content (AvgIpc) is 3.22. The number of carbonyl (C=O) groups is 1. The monoisotopic (exact) mass is 547 g/mol. The molecular formula is C37H41NO3. The van der Waals surface area contributed by atoms with Crippen molar-refractivity contribution in [2.24, 2.45) is 22.4 Å². The summed E-state index contributed by atoms with van der Waals surface area (Å²) < 4.78 is 0. The molecule has 2 saturated carbocycles. The molecule has 41 heavy (non-hydrogen) atoms. The van der Waals surface area contributed by atoms with Crippen molar-refractivity contribution >= 4 is 12.0 Å². The summed E-state index contributed by atoms with van der Waals surface area (Å²) in [5.41, 5.74) is 7.05. The van der Waals surface area contributed by atoms with E-state index in [4.69, 9.17) is 5.21 Å². The van der Waals surface area contributed by atoms with Gasteiger partial charge in [-0.15, -0.1) is 0 Å². The molecule has 2 aromatic carbocycles. The second-order valence-electron chi connectivity index (χ2n) is 13.9. The number of hydrogen-bond donors (Lipinski definition) is 2. The Hall–Kier alpha value is -3.42. The van der Waals surface area contributed by atoms with Gasteiger partial charge in [0, 0.05) is 23.3 Å². The van der Waals surface area contributed by atoms with Crippen molar-refractivity contribution in [3.8, 4) is 11.8 Å². The van der Waals surface area contributed by atoms with Gasteiger partial charge in [0.05, 0.1) is 6.21 Å². The summed E-state index contributed by atoms with van der Waals surface area (Å²) in [7, 11) is 0. The van der Waals surface area contributed by atoms with Crippen LogP contribution in [0.15, 0.2) is 76.5 Å². The fraction of sp³-hybridized carbons (Fsp3) is 0.459. The molecule has 4 aliphatic rings. The minimum Gasteiger partial charge on any atom is -0.411 e. The molecule has 2 fully saturated rings. The molecule has 2 N–H and O–H groups in total. The van der Waals surface area contributed by atoms with Crippen LogP contribution in [-0.4, -0.2) is 27.9 Å². The summed E-state index contributed by atoms with van der Waals surface area (Å²) in [4.78, 5) is 12.3. The first-order valence-corrected chi connectivity index (χ1v) is 15.1.